The van der Waals surface area contributed by atoms with E-state index in [1.807, 2.05) is 32.9 Å². The third-order valence-electron chi connectivity index (χ3n) is 4.34. The van der Waals surface area contributed by atoms with E-state index in [4.69, 9.17) is 17.3 Å². The number of H-pyrrole nitrogens is 1. The van der Waals surface area contributed by atoms with Gasteiger partial charge in [-0.15, -0.1) is 0 Å². The maximum absolute atomic E-state index is 12.7. The Balaban J connectivity index is 2.26. The van der Waals surface area contributed by atoms with Crippen molar-refractivity contribution in [1.29, 1.82) is 0 Å². The van der Waals surface area contributed by atoms with Crippen molar-refractivity contribution in [2.75, 3.05) is 12.3 Å². The Labute approximate surface area is 162 Å². The summed E-state index contributed by atoms with van der Waals surface area (Å²) in [7, 11) is 0. The average Bonchev–Trinajstić information content (AvgIpc) is 2.59. The number of rotatable bonds is 8. The van der Waals surface area contributed by atoms with Gasteiger partial charge in [-0.3, -0.25) is 19.1 Å². The lowest BCUT2D eigenvalue weighted by molar-refractivity contribution is 0.0983. The van der Waals surface area contributed by atoms with Crippen molar-refractivity contribution in [1.82, 2.24) is 14.9 Å². The van der Waals surface area contributed by atoms with Gasteiger partial charge in [-0.25, -0.2) is 4.79 Å². The van der Waals surface area contributed by atoms with E-state index in [-0.39, 0.29) is 29.9 Å². The lowest BCUT2D eigenvalue weighted by atomic mass is 9.96. The molecule has 1 aromatic carbocycles. The molecule has 1 heterocycles. The van der Waals surface area contributed by atoms with Crippen molar-refractivity contribution in [3.63, 3.8) is 0 Å². The summed E-state index contributed by atoms with van der Waals surface area (Å²) in [6, 6.07) is 7.27. The van der Waals surface area contributed by atoms with Gasteiger partial charge in [0.1, 0.15) is 11.4 Å². The van der Waals surface area contributed by atoms with Crippen LogP contribution in [-0.2, 0) is 6.54 Å². The highest BCUT2D eigenvalue weighted by Gasteiger charge is 2.22. The molecule has 4 N–H and O–H groups in total. The number of carbonyl (C=O) groups excluding carboxylic acids is 1. The molecule has 1 atom stereocenters. The molecular weight excluding hydrogens is 368 g/mol. The number of aromatic amines is 1. The van der Waals surface area contributed by atoms with Crippen LogP contribution in [0, 0.1) is 5.92 Å². The minimum absolute atomic E-state index is 0.0803. The summed E-state index contributed by atoms with van der Waals surface area (Å²) < 4.78 is 1.22. The van der Waals surface area contributed by atoms with Crippen molar-refractivity contribution in [3.05, 3.63) is 61.3 Å². The van der Waals surface area contributed by atoms with Crippen LogP contribution in [0.4, 0.5) is 5.82 Å². The molecule has 0 amide bonds. The molecule has 146 valence electrons. The van der Waals surface area contributed by atoms with Crippen LogP contribution in [0.1, 0.15) is 49.2 Å². The van der Waals surface area contributed by atoms with E-state index < -0.39 is 17.0 Å². The molecule has 0 fully saturated rings. The molecule has 0 aliphatic carbocycles. The SMILES string of the molecule is CCCn1c(N)c(C(=O)CN[C@@H](c2ccc(Cl)cc2)C(C)C)c(=O)[nH]c1=O. The highest BCUT2D eigenvalue weighted by atomic mass is 35.5. The second kappa shape index (κ2) is 9.01. The highest BCUT2D eigenvalue weighted by Crippen LogP contribution is 2.23. The Kier molecular flexibility index (Phi) is 6.98. The molecule has 0 saturated heterocycles. The highest BCUT2D eigenvalue weighted by molar-refractivity contribution is 6.30. The number of aromatic nitrogens is 2. The van der Waals surface area contributed by atoms with Crippen LogP contribution < -0.4 is 22.3 Å². The van der Waals surface area contributed by atoms with Crippen molar-refractivity contribution in [3.8, 4) is 0 Å². The monoisotopic (exact) mass is 392 g/mol. The maximum Gasteiger partial charge on any atom is 0.329 e. The number of hydrogen-bond acceptors (Lipinski definition) is 5. The maximum atomic E-state index is 12.7. The summed E-state index contributed by atoms with van der Waals surface area (Å²) in [6.07, 6.45) is 0.647. The van der Waals surface area contributed by atoms with E-state index in [1.54, 1.807) is 12.1 Å². The molecule has 0 bridgehead atoms. The van der Waals surface area contributed by atoms with Crippen molar-refractivity contribution in [2.24, 2.45) is 5.92 Å². The molecule has 2 aromatic rings. The molecule has 27 heavy (non-hydrogen) atoms. The summed E-state index contributed by atoms with van der Waals surface area (Å²) in [5.74, 6) is -0.355. The van der Waals surface area contributed by atoms with Crippen molar-refractivity contribution < 1.29 is 4.79 Å². The molecule has 0 radical (unpaired) electrons. The minimum atomic E-state index is -0.760. The Hall–Kier alpha value is -2.38. The third-order valence-corrected chi connectivity index (χ3v) is 4.60. The zero-order chi connectivity index (χ0) is 20.1. The first-order chi connectivity index (χ1) is 12.8. The number of nitrogen functional groups attached to an aromatic ring is 1. The van der Waals surface area contributed by atoms with Crippen LogP contribution in [0.2, 0.25) is 5.02 Å². The lowest BCUT2D eigenvalue weighted by Gasteiger charge is -2.23. The summed E-state index contributed by atoms with van der Waals surface area (Å²) >= 11 is 5.94. The van der Waals surface area contributed by atoms with Gasteiger partial charge in [0.15, 0.2) is 5.78 Å². The van der Waals surface area contributed by atoms with E-state index in [1.165, 1.54) is 4.57 Å². The standard InChI is InChI=1S/C19H25ClN4O3/c1-4-9-24-17(21)15(18(26)23-19(24)27)14(25)10-22-16(11(2)3)12-5-7-13(20)8-6-12/h5-8,11,16,22H,4,9-10,21H2,1-3H3,(H,23,26,27)/t16-/m1/s1. The topological polar surface area (TPSA) is 110 Å². The molecule has 7 nitrogen and oxygen atoms in total. The molecule has 0 saturated carbocycles. The van der Waals surface area contributed by atoms with Gasteiger partial charge >= 0.3 is 5.69 Å². The fourth-order valence-corrected chi connectivity index (χ4v) is 3.13. The largest absolute Gasteiger partial charge is 0.384 e. The molecule has 1 aromatic heterocycles. The number of carbonyl (C=O) groups is 1. The zero-order valence-electron chi connectivity index (χ0n) is 15.7. The van der Waals surface area contributed by atoms with E-state index in [2.05, 4.69) is 10.3 Å². The number of halogens is 1. The zero-order valence-corrected chi connectivity index (χ0v) is 16.5. The predicted octanol–water partition coefficient (Wildman–Crippen LogP) is 2.35. The van der Waals surface area contributed by atoms with E-state index in [0.29, 0.717) is 18.0 Å². The molecule has 0 spiro atoms. The fourth-order valence-electron chi connectivity index (χ4n) is 3.00. The van der Waals surface area contributed by atoms with Gasteiger partial charge in [0.25, 0.3) is 5.56 Å². The molecule has 8 heteroatoms. The number of anilines is 1. The molecular formula is C19H25ClN4O3. The average molecular weight is 393 g/mol. The van der Waals surface area contributed by atoms with Crippen molar-refractivity contribution >= 4 is 23.2 Å². The Bertz CT molecular complexity index is 916. The van der Waals surface area contributed by atoms with Gasteiger partial charge in [0.05, 0.1) is 6.54 Å². The lowest BCUT2D eigenvalue weighted by Crippen LogP contribution is -2.39. The number of nitrogens with one attached hydrogen (secondary N) is 2. The number of benzene rings is 1. The number of hydrogen-bond donors (Lipinski definition) is 3. The number of ketones is 1. The van der Waals surface area contributed by atoms with Crippen LogP contribution >= 0.6 is 11.6 Å². The van der Waals surface area contributed by atoms with Crippen LogP contribution in [0.5, 0.6) is 0 Å². The number of nitrogens with zero attached hydrogens (tertiary/aromatic N) is 1. The van der Waals surface area contributed by atoms with Gasteiger partial charge in [-0.1, -0.05) is 44.5 Å². The van der Waals surface area contributed by atoms with Crippen LogP contribution in [0.25, 0.3) is 0 Å². The van der Waals surface area contributed by atoms with E-state index in [0.717, 1.165) is 5.56 Å². The fraction of sp³-hybridized carbons (Fsp3) is 0.421. The summed E-state index contributed by atoms with van der Waals surface area (Å²) in [4.78, 5) is 38.9. The first-order valence-electron chi connectivity index (χ1n) is 8.90. The van der Waals surface area contributed by atoms with Crippen LogP contribution in [0.15, 0.2) is 33.9 Å². The number of Topliss-reactive ketones (excluding diaryl/α,β-unsaturated/α-hetero) is 1. The van der Waals surface area contributed by atoms with Gasteiger partial charge in [0, 0.05) is 17.6 Å². The van der Waals surface area contributed by atoms with Crippen LogP contribution in [-0.4, -0.2) is 21.9 Å². The predicted molar refractivity (Wildman–Crippen MR) is 107 cm³/mol. The molecule has 0 aliphatic heterocycles. The molecule has 0 unspecified atom stereocenters. The third kappa shape index (κ3) is 4.87. The quantitative estimate of drug-likeness (QED) is 0.597. The summed E-state index contributed by atoms with van der Waals surface area (Å²) in [5, 5.41) is 3.82. The Morgan fingerprint density at radius 1 is 1.26 bits per heavy atom. The first kappa shape index (κ1) is 20.9. The smallest absolute Gasteiger partial charge is 0.329 e. The van der Waals surface area contributed by atoms with Gasteiger partial charge in [0.2, 0.25) is 0 Å². The van der Waals surface area contributed by atoms with Gasteiger partial charge in [-0.05, 0) is 30.0 Å². The van der Waals surface area contributed by atoms with Gasteiger partial charge < -0.3 is 11.1 Å². The van der Waals surface area contributed by atoms with E-state index >= 15 is 0 Å². The summed E-state index contributed by atoms with van der Waals surface area (Å²) in [6.45, 7) is 6.18. The molecule has 0 aliphatic rings. The van der Waals surface area contributed by atoms with Gasteiger partial charge in [-0.2, -0.15) is 0 Å². The van der Waals surface area contributed by atoms with Crippen molar-refractivity contribution in [2.45, 2.75) is 39.8 Å². The molecule has 2 rings (SSSR count). The number of nitrogens with two attached hydrogens (primary N) is 1. The van der Waals surface area contributed by atoms with Crippen LogP contribution in [0.3, 0.4) is 0 Å². The minimum Gasteiger partial charge on any atom is -0.384 e. The normalized spacial score (nSPS) is 12.3. The van der Waals surface area contributed by atoms with E-state index in [9.17, 15) is 14.4 Å². The Morgan fingerprint density at radius 2 is 1.89 bits per heavy atom. The first-order valence-corrected chi connectivity index (χ1v) is 9.28. The second-order valence-corrected chi connectivity index (χ2v) is 7.18. The Morgan fingerprint density at radius 3 is 2.44 bits per heavy atom. The second-order valence-electron chi connectivity index (χ2n) is 6.75. The summed E-state index contributed by atoms with van der Waals surface area (Å²) in [5.41, 5.74) is 5.38.